The average molecular weight is 421 g/mol. The molecule has 0 unspecified atom stereocenters. The number of nitrogens with zero attached hydrogens (tertiary/aromatic N) is 4. The largest absolute Gasteiger partial charge is 0.417 e. The number of fused-ring (bicyclic) bond motifs is 1. The van der Waals surface area contributed by atoms with Crippen molar-refractivity contribution in [1.29, 1.82) is 0 Å². The maximum atomic E-state index is 13.7. The Labute approximate surface area is 173 Å². The SMILES string of the molecule is Cc1nc(N)c2c(C(F)(F)F)cc(C3CCN(C(=O)CC4CCCC4)CC3)nc2n1. The molecule has 2 aliphatic rings. The van der Waals surface area contributed by atoms with Crippen LogP contribution in [0.2, 0.25) is 0 Å². The van der Waals surface area contributed by atoms with E-state index in [-0.39, 0.29) is 34.5 Å². The van der Waals surface area contributed by atoms with E-state index >= 15 is 0 Å². The van der Waals surface area contributed by atoms with E-state index in [0.29, 0.717) is 44.0 Å². The quantitative estimate of drug-likeness (QED) is 0.802. The fourth-order valence-electron chi connectivity index (χ4n) is 4.74. The van der Waals surface area contributed by atoms with E-state index in [9.17, 15) is 18.0 Å². The van der Waals surface area contributed by atoms with Crippen molar-refractivity contribution in [3.8, 4) is 0 Å². The smallest absolute Gasteiger partial charge is 0.383 e. The number of alkyl halides is 3. The van der Waals surface area contributed by atoms with E-state index in [2.05, 4.69) is 15.0 Å². The summed E-state index contributed by atoms with van der Waals surface area (Å²) in [6, 6.07) is 1.08. The first-order chi connectivity index (χ1) is 14.2. The van der Waals surface area contributed by atoms with Crippen molar-refractivity contribution < 1.29 is 18.0 Å². The standard InChI is InChI=1S/C21H26F3N5O/c1-12-26-19(25)18-15(21(22,23)24)11-16(28-20(18)27-12)14-6-8-29(9-7-14)17(30)10-13-4-2-3-5-13/h11,13-14H,2-10H2,1H3,(H2,25,26,27,28). The summed E-state index contributed by atoms with van der Waals surface area (Å²) in [4.78, 5) is 26.8. The highest BCUT2D eigenvalue weighted by atomic mass is 19.4. The van der Waals surface area contributed by atoms with Gasteiger partial charge in [-0.3, -0.25) is 4.79 Å². The molecular formula is C21H26F3N5O. The summed E-state index contributed by atoms with van der Waals surface area (Å²) in [7, 11) is 0. The van der Waals surface area contributed by atoms with E-state index in [1.807, 2.05) is 4.90 Å². The maximum absolute atomic E-state index is 13.7. The van der Waals surface area contributed by atoms with E-state index in [4.69, 9.17) is 5.73 Å². The van der Waals surface area contributed by atoms with Gasteiger partial charge in [0.1, 0.15) is 11.6 Å². The zero-order valence-electron chi connectivity index (χ0n) is 17.0. The van der Waals surface area contributed by atoms with Gasteiger partial charge in [-0.1, -0.05) is 12.8 Å². The molecule has 0 radical (unpaired) electrons. The molecular weight excluding hydrogens is 395 g/mol. The van der Waals surface area contributed by atoms with Crippen molar-refractivity contribution in [2.75, 3.05) is 18.8 Å². The fourth-order valence-corrected chi connectivity index (χ4v) is 4.74. The van der Waals surface area contributed by atoms with Crippen molar-refractivity contribution in [2.24, 2.45) is 5.92 Å². The molecule has 2 N–H and O–H groups in total. The number of amides is 1. The van der Waals surface area contributed by atoms with Crippen LogP contribution in [-0.2, 0) is 11.0 Å². The molecule has 0 aromatic carbocycles. The van der Waals surface area contributed by atoms with Crippen LogP contribution in [0, 0.1) is 12.8 Å². The number of aryl methyl sites for hydroxylation is 1. The summed E-state index contributed by atoms with van der Waals surface area (Å²) >= 11 is 0. The van der Waals surface area contributed by atoms with Crippen molar-refractivity contribution in [1.82, 2.24) is 19.9 Å². The van der Waals surface area contributed by atoms with E-state index in [1.54, 1.807) is 6.92 Å². The number of likely N-dealkylation sites (tertiary alicyclic amines) is 1. The van der Waals surface area contributed by atoms with E-state index < -0.39 is 11.7 Å². The van der Waals surface area contributed by atoms with Crippen LogP contribution in [-0.4, -0.2) is 38.8 Å². The van der Waals surface area contributed by atoms with E-state index in [1.165, 1.54) is 12.8 Å². The first kappa shape index (κ1) is 20.8. The highest BCUT2D eigenvalue weighted by Crippen LogP contribution is 2.39. The monoisotopic (exact) mass is 421 g/mol. The number of nitrogens with two attached hydrogens (primary N) is 1. The second kappa shape index (κ2) is 8.00. The molecule has 0 bridgehead atoms. The molecule has 0 spiro atoms. The molecule has 0 atom stereocenters. The second-order valence-corrected chi connectivity index (χ2v) is 8.46. The molecule has 2 aromatic rings. The van der Waals surface area contributed by atoms with Crippen LogP contribution in [0.25, 0.3) is 11.0 Å². The molecule has 4 rings (SSSR count). The third kappa shape index (κ3) is 4.20. The molecule has 1 aliphatic carbocycles. The Bertz CT molecular complexity index is 948. The van der Waals surface area contributed by atoms with E-state index in [0.717, 1.165) is 18.9 Å². The normalized spacial score (nSPS) is 19.0. The highest BCUT2D eigenvalue weighted by Gasteiger charge is 2.36. The zero-order chi connectivity index (χ0) is 21.5. The van der Waals surface area contributed by atoms with Crippen LogP contribution < -0.4 is 5.73 Å². The summed E-state index contributed by atoms with van der Waals surface area (Å²) in [5.74, 6) is 0.572. The maximum Gasteiger partial charge on any atom is 0.417 e. The van der Waals surface area contributed by atoms with Gasteiger partial charge in [-0.05, 0) is 44.6 Å². The Morgan fingerprint density at radius 3 is 2.43 bits per heavy atom. The number of hydrogen-bond donors (Lipinski definition) is 1. The predicted octanol–water partition coefficient (Wildman–Crippen LogP) is 4.22. The Morgan fingerprint density at radius 2 is 1.80 bits per heavy atom. The highest BCUT2D eigenvalue weighted by molar-refractivity contribution is 5.89. The number of carbonyl (C=O) groups is 1. The first-order valence-electron chi connectivity index (χ1n) is 10.5. The molecule has 6 nitrogen and oxygen atoms in total. The van der Waals surface area contributed by atoms with Gasteiger partial charge in [-0.2, -0.15) is 13.2 Å². The number of halogens is 3. The summed E-state index contributed by atoms with van der Waals surface area (Å²) < 4.78 is 41.1. The number of hydrogen-bond acceptors (Lipinski definition) is 5. The fraction of sp³-hybridized carbons (Fsp3) is 0.619. The van der Waals surface area contributed by atoms with Crippen LogP contribution in [0.3, 0.4) is 0 Å². The van der Waals surface area contributed by atoms with Crippen molar-refractivity contribution in [3.63, 3.8) is 0 Å². The van der Waals surface area contributed by atoms with Gasteiger partial charge in [0.2, 0.25) is 5.91 Å². The van der Waals surface area contributed by atoms with Gasteiger partial charge in [0.15, 0.2) is 5.65 Å². The number of nitrogen functional groups attached to an aromatic ring is 1. The van der Waals surface area contributed by atoms with Crippen LogP contribution in [0.1, 0.15) is 67.9 Å². The van der Waals surface area contributed by atoms with Crippen LogP contribution in [0.5, 0.6) is 0 Å². The van der Waals surface area contributed by atoms with Gasteiger partial charge < -0.3 is 10.6 Å². The lowest BCUT2D eigenvalue weighted by Crippen LogP contribution is -2.38. The van der Waals surface area contributed by atoms with Crippen molar-refractivity contribution in [3.05, 3.63) is 23.1 Å². The third-order valence-corrected chi connectivity index (χ3v) is 6.34. The lowest BCUT2D eigenvalue weighted by molar-refractivity contribution is -0.136. The van der Waals surface area contributed by atoms with Crippen LogP contribution in [0.4, 0.5) is 19.0 Å². The molecule has 1 aliphatic heterocycles. The van der Waals surface area contributed by atoms with Gasteiger partial charge in [-0.15, -0.1) is 0 Å². The van der Waals surface area contributed by atoms with Crippen molar-refractivity contribution in [2.45, 2.75) is 64.0 Å². The Balaban J connectivity index is 1.54. The molecule has 162 valence electrons. The Kier molecular flexibility index (Phi) is 5.55. The molecule has 2 fully saturated rings. The number of aromatic nitrogens is 3. The molecule has 30 heavy (non-hydrogen) atoms. The predicted molar refractivity (Wildman–Crippen MR) is 107 cm³/mol. The van der Waals surface area contributed by atoms with Gasteiger partial charge >= 0.3 is 6.18 Å². The summed E-state index contributed by atoms with van der Waals surface area (Å²) in [6.07, 6.45) is 1.82. The summed E-state index contributed by atoms with van der Waals surface area (Å²) in [5.41, 5.74) is 5.25. The van der Waals surface area contributed by atoms with Gasteiger partial charge in [0.05, 0.1) is 10.9 Å². The first-order valence-corrected chi connectivity index (χ1v) is 10.5. The summed E-state index contributed by atoms with van der Waals surface area (Å²) in [5, 5.41) is -0.249. The third-order valence-electron chi connectivity index (χ3n) is 6.34. The molecule has 1 amide bonds. The minimum Gasteiger partial charge on any atom is -0.383 e. The van der Waals surface area contributed by atoms with Crippen molar-refractivity contribution >= 4 is 22.8 Å². The molecule has 9 heteroatoms. The molecule has 3 heterocycles. The zero-order valence-corrected chi connectivity index (χ0v) is 17.0. The summed E-state index contributed by atoms with van der Waals surface area (Å²) in [6.45, 7) is 2.66. The number of carbonyl (C=O) groups excluding carboxylic acids is 1. The molecule has 1 saturated heterocycles. The molecule has 1 saturated carbocycles. The minimum absolute atomic E-state index is 0.0236. The minimum atomic E-state index is -4.58. The topological polar surface area (TPSA) is 85.0 Å². The molecule has 2 aromatic heterocycles. The number of anilines is 1. The van der Waals surface area contributed by atoms with Crippen LogP contribution in [0.15, 0.2) is 6.07 Å². The lowest BCUT2D eigenvalue weighted by Gasteiger charge is -2.32. The lowest BCUT2D eigenvalue weighted by atomic mass is 9.91. The second-order valence-electron chi connectivity index (χ2n) is 8.46. The van der Waals surface area contributed by atoms with Gasteiger partial charge in [0.25, 0.3) is 0 Å². The van der Waals surface area contributed by atoms with Gasteiger partial charge in [-0.25, -0.2) is 15.0 Å². The number of rotatable bonds is 3. The number of piperidine rings is 1. The van der Waals surface area contributed by atoms with Gasteiger partial charge in [0, 0.05) is 31.1 Å². The number of pyridine rings is 1. The Hall–Kier alpha value is -2.45. The van der Waals surface area contributed by atoms with Crippen LogP contribution >= 0.6 is 0 Å². The Morgan fingerprint density at radius 1 is 1.13 bits per heavy atom. The average Bonchev–Trinajstić information content (AvgIpc) is 3.19.